The molecule has 1 aromatic heterocycles. The van der Waals surface area contributed by atoms with Crippen LogP contribution in [0.5, 0.6) is 0 Å². The van der Waals surface area contributed by atoms with Crippen molar-refractivity contribution in [1.82, 2.24) is 19.4 Å². The predicted molar refractivity (Wildman–Crippen MR) is 107 cm³/mol. The second-order valence-electron chi connectivity index (χ2n) is 7.25. The van der Waals surface area contributed by atoms with Gasteiger partial charge in [0.2, 0.25) is 10.0 Å². The molecule has 1 atom stereocenters. The Morgan fingerprint density at radius 1 is 1.26 bits per heavy atom. The van der Waals surface area contributed by atoms with E-state index in [1.54, 1.807) is 30.3 Å². The number of carbonyl (C=O) groups is 1. The van der Waals surface area contributed by atoms with Crippen molar-refractivity contribution in [3.05, 3.63) is 48.3 Å². The molecule has 172 valence electrons. The molecule has 0 fully saturated rings. The van der Waals surface area contributed by atoms with Crippen molar-refractivity contribution in [3.63, 3.8) is 0 Å². The van der Waals surface area contributed by atoms with Gasteiger partial charge >= 0.3 is 12.1 Å². The quantitative estimate of drug-likeness (QED) is 0.684. The highest BCUT2D eigenvalue weighted by Crippen LogP contribution is 2.24. The average molecular weight is 462 g/mol. The summed E-state index contributed by atoms with van der Waals surface area (Å²) in [5.41, 5.74) is 1.19. The van der Waals surface area contributed by atoms with Crippen LogP contribution in [0.2, 0.25) is 0 Å². The van der Waals surface area contributed by atoms with Crippen LogP contribution in [0, 0.1) is 0 Å². The smallest absolute Gasteiger partial charge is 0.475 e. The Labute approximate surface area is 178 Å². The summed E-state index contributed by atoms with van der Waals surface area (Å²) in [4.78, 5) is 11.6. The van der Waals surface area contributed by atoms with Crippen molar-refractivity contribution in [3.8, 4) is 0 Å². The van der Waals surface area contributed by atoms with Crippen LogP contribution in [-0.4, -0.2) is 59.5 Å². The number of aliphatic carboxylic acids is 1. The Morgan fingerprint density at radius 3 is 2.42 bits per heavy atom. The van der Waals surface area contributed by atoms with Crippen LogP contribution in [0.4, 0.5) is 13.2 Å². The van der Waals surface area contributed by atoms with Gasteiger partial charge in [0.05, 0.1) is 16.6 Å². The van der Waals surface area contributed by atoms with Crippen LogP contribution in [0.3, 0.4) is 0 Å². The fourth-order valence-corrected chi connectivity index (χ4v) is 4.13. The molecule has 12 heteroatoms. The number of nitrogens with zero attached hydrogens (tertiary/aromatic N) is 3. The number of carboxylic acid groups (broad SMARTS) is 1. The first-order valence-corrected chi connectivity index (χ1v) is 11.0. The van der Waals surface area contributed by atoms with Crippen LogP contribution >= 0.6 is 0 Å². The standard InChI is InChI=1S/C17H24N4O2S.C2HF3O2/c1-14(2)20-12-15-8-10-18-21(15)16(13-20)9-11-19-24(22,23)17-6-4-3-5-7-17;3-2(4,5)1(6)7/h3-8,10,14,16,19H,9,11-13H2,1-2H3;(H,6,7). The molecule has 0 aliphatic carbocycles. The van der Waals surface area contributed by atoms with Crippen LogP contribution in [-0.2, 0) is 21.4 Å². The lowest BCUT2D eigenvalue weighted by Gasteiger charge is -2.36. The Hall–Kier alpha value is -2.44. The number of alkyl halides is 3. The number of rotatable bonds is 6. The van der Waals surface area contributed by atoms with Gasteiger partial charge in [-0.25, -0.2) is 17.9 Å². The van der Waals surface area contributed by atoms with Crippen molar-refractivity contribution < 1.29 is 31.5 Å². The van der Waals surface area contributed by atoms with Crippen molar-refractivity contribution in [2.45, 2.75) is 50.0 Å². The molecular formula is C19H25F3N4O4S. The van der Waals surface area contributed by atoms with E-state index in [2.05, 4.69) is 28.6 Å². The number of fused-ring (bicyclic) bond motifs is 1. The fourth-order valence-electron chi connectivity index (χ4n) is 3.07. The Kier molecular flexibility index (Phi) is 8.21. The number of aromatic nitrogens is 2. The number of carboxylic acids is 1. The lowest BCUT2D eigenvalue weighted by atomic mass is 10.1. The van der Waals surface area contributed by atoms with E-state index in [9.17, 15) is 21.6 Å². The number of nitrogens with one attached hydrogen (secondary N) is 1. The third kappa shape index (κ3) is 7.04. The first-order valence-electron chi connectivity index (χ1n) is 9.53. The first-order chi connectivity index (χ1) is 14.4. The third-order valence-electron chi connectivity index (χ3n) is 4.70. The summed E-state index contributed by atoms with van der Waals surface area (Å²) in [6.07, 6.45) is -2.55. The van der Waals surface area contributed by atoms with Crippen molar-refractivity contribution in [2.24, 2.45) is 0 Å². The molecule has 0 spiro atoms. The van der Waals surface area contributed by atoms with E-state index in [-0.39, 0.29) is 6.04 Å². The van der Waals surface area contributed by atoms with Crippen molar-refractivity contribution in [2.75, 3.05) is 13.1 Å². The maximum Gasteiger partial charge on any atom is 0.490 e. The SMILES string of the molecule is CC(C)N1Cc2ccnn2C(CCNS(=O)(=O)c2ccccc2)C1.O=C(O)C(F)(F)F. The minimum Gasteiger partial charge on any atom is -0.475 e. The van der Waals surface area contributed by atoms with Gasteiger partial charge in [0.1, 0.15) is 0 Å². The molecule has 1 aliphatic heterocycles. The normalized spacial score (nSPS) is 17.0. The summed E-state index contributed by atoms with van der Waals surface area (Å²) in [7, 11) is -3.45. The monoisotopic (exact) mass is 462 g/mol. The molecule has 2 N–H and O–H groups in total. The van der Waals surface area contributed by atoms with E-state index < -0.39 is 22.2 Å². The molecule has 0 bridgehead atoms. The Balaban J connectivity index is 0.000000423. The van der Waals surface area contributed by atoms with Gasteiger partial charge < -0.3 is 5.11 Å². The zero-order valence-electron chi connectivity index (χ0n) is 17.1. The zero-order valence-corrected chi connectivity index (χ0v) is 17.9. The topological polar surface area (TPSA) is 105 Å². The second-order valence-corrected chi connectivity index (χ2v) is 9.01. The molecule has 2 aromatic rings. The lowest BCUT2D eigenvalue weighted by Crippen LogP contribution is -2.42. The van der Waals surface area contributed by atoms with Gasteiger partial charge in [-0.1, -0.05) is 18.2 Å². The van der Waals surface area contributed by atoms with E-state index in [4.69, 9.17) is 9.90 Å². The number of hydrogen-bond acceptors (Lipinski definition) is 5. The Morgan fingerprint density at radius 2 is 1.87 bits per heavy atom. The average Bonchev–Trinajstić information content (AvgIpc) is 3.17. The van der Waals surface area contributed by atoms with Gasteiger partial charge in [-0.15, -0.1) is 0 Å². The fraction of sp³-hybridized carbons (Fsp3) is 0.474. The highest BCUT2D eigenvalue weighted by Gasteiger charge is 2.38. The van der Waals surface area contributed by atoms with Gasteiger partial charge in [-0.05, 0) is 38.5 Å². The van der Waals surface area contributed by atoms with E-state index in [0.29, 0.717) is 23.9 Å². The predicted octanol–water partition coefficient (Wildman–Crippen LogP) is 2.65. The highest BCUT2D eigenvalue weighted by atomic mass is 32.2. The van der Waals surface area contributed by atoms with E-state index in [0.717, 1.165) is 13.1 Å². The minimum atomic E-state index is -5.08. The lowest BCUT2D eigenvalue weighted by molar-refractivity contribution is -0.192. The summed E-state index contributed by atoms with van der Waals surface area (Å²) in [6.45, 7) is 6.54. The summed E-state index contributed by atoms with van der Waals surface area (Å²) >= 11 is 0. The van der Waals surface area contributed by atoms with Gasteiger partial charge in [0.15, 0.2) is 0 Å². The summed E-state index contributed by atoms with van der Waals surface area (Å²) < 4.78 is 61.1. The maximum absolute atomic E-state index is 12.3. The molecule has 31 heavy (non-hydrogen) atoms. The zero-order chi connectivity index (χ0) is 23.2. The van der Waals surface area contributed by atoms with Crippen LogP contribution in [0.25, 0.3) is 0 Å². The largest absolute Gasteiger partial charge is 0.490 e. The molecule has 8 nitrogen and oxygen atoms in total. The first kappa shape index (κ1) is 24.8. The summed E-state index contributed by atoms with van der Waals surface area (Å²) in [6, 6.07) is 11.2. The van der Waals surface area contributed by atoms with Gasteiger partial charge in [0.25, 0.3) is 0 Å². The summed E-state index contributed by atoms with van der Waals surface area (Å²) in [5.74, 6) is -2.76. The van der Waals surface area contributed by atoms with Gasteiger partial charge in [-0.2, -0.15) is 18.3 Å². The highest BCUT2D eigenvalue weighted by molar-refractivity contribution is 7.89. The number of halogens is 3. The van der Waals surface area contributed by atoms with Gasteiger partial charge in [0, 0.05) is 31.9 Å². The molecule has 1 unspecified atom stereocenters. The molecule has 1 aromatic carbocycles. The molecule has 3 rings (SSSR count). The Bertz CT molecular complexity index is 962. The van der Waals surface area contributed by atoms with Crippen molar-refractivity contribution >= 4 is 16.0 Å². The molecule has 0 radical (unpaired) electrons. The molecule has 0 amide bonds. The van der Waals surface area contributed by atoms with Crippen LogP contribution < -0.4 is 4.72 Å². The molecule has 0 saturated heterocycles. The molecule has 1 aliphatic rings. The number of sulfonamides is 1. The van der Waals surface area contributed by atoms with E-state index in [1.807, 2.05) is 16.9 Å². The number of benzene rings is 1. The van der Waals surface area contributed by atoms with Crippen molar-refractivity contribution in [1.29, 1.82) is 0 Å². The molecule has 2 heterocycles. The maximum atomic E-state index is 12.3. The second kappa shape index (κ2) is 10.2. The third-order valence-corrected chi connectivity index (χ3v) is 6.18. The molecular weight excluding hydrogens is 437 g/mol. The van der Waals surface area contributed by atoms with E-state index >= 15 is 0 Å². The van der Waals surface area contributed by atoms with E-state index in [1.165, 1.54) is 5.69 Å². The van der Waals surface area contributed by atoms with Crippen LogP contribution in [0.15, 0.2) is 47.5 Å². The minimum absolute atomic E-state index is 0.185. The number of hydrogen-bond donors (Lipinski definition) is 2. The molecule has 0 saturated carbocycles. The van der Waals surface area contributed by atoms with Gasteiger partial charge in [-0.3, -0.25) is 9.58 Å². The summed E-state index contributed by atoms with van der Waals surface area (Å²) in [5, 5.41) is 11.5. The van der Waals surface area contributed by atoms with Crippen LogP contribution in [0.1, 0.15) is 32.0 Å².